The molecule has 0 aromatic heterocycles. The van der Waals surface area contributed by atoms with Crippen LogP contribution >= 0.6 is 0 Å². The third-order valence-corrected chi connectivity index (χ3v) is 3.57. The summed E-state index contributed by atoms with van der Waals surface area (Å²) in [5.74, 6) is 0.988. The Labute approximate surface area is 86.0 Å². The molecule has 0 aromatic rings. The fourth-order valence-electron chi connectivity index (χ4n) is 1.87. The first-order valence-corrected chi connectivity index (χ1v) is 6.57. The van der Waals surface area contributed by atoms with Crippen LogP contribution in [-0.2, 0) is 10.1 Å². The van der Waals surface area contributed by atoms with Crippen LogP contribution in [0.25, 0.3) is 0 Å². The Morgan fingerprint density at radius 1 is 1.57 bits per heavy atom. The molecule has 0 bridgehead atoms. The van der Waals surface area contributed by atoms with Gasteiger partial charge in [0.2, 0.25) is 0 Å². The van der Waals surface area contributed by atoms with Crippen molar-refractivity contribution in [3.8, 4) is 0 Å². The average molecular weight is 217 g/mol. The number of allylic oxidation sites excluding steroid dienone is 1. The molecule has 0 aliphatic heterocycles. The van der Waals surface area contributed by atoms with Gasteiger partial charge in [-0.2, -0.15) is 0 Å². The molecule has 82 valence electrons. The lowest BCUT2D eigenvalue weighted by Gasteiger charge is -2.25. The first-order chi connectivity index (χ1) is 6.38. The van der Waals surface area contributed by atoms with E-state index in [0.717, 1.165) is 24.8 Å². The van der Waals surface area contributed by atoms with Crippen molar-refractivity contribution in [3.63, 3.8) is 0 Å². The second kappa shape index (κ2) is 4.45. The van der Waals surface area contributed by atoms with Gasteiger partial charge in [-0.25, -0.2) is 8.42 Å². The summed E-state index contributed by atoms with van der Waals surface area (Å²) in [5.41, 5.74) is 0.803. The molecule has 0 radical (unpaired) electrons. The van der Waals surface area contributed by atoms with Gasteiger partial charge in [0.1, 0.15) is 0 Å². The summed E-state index contributed by atoms with van der Waals surface area (Å²) in [7, 11) is -4.08. The summed E-state index contributed by atoms with van der Waals surface area (Å²) < 4.78 is 31.6. The van der Waals surface area contributed by atoms with Crippen LogP contribution in [0.2, 0.25) is 0 Å². The molecule has 1 aliphatic rings. The zero-order chi connectivity index (χ0) is 10.8. The number of hydrogen-bond donors (Lipinski definition) is 0. The van der Waals surface area contributed by atoms with Gasteiger partial charge in [-0.15, -0.1) is 0 Å². The van der Waals surface area contributed by atoms with E-state index in [1.165, 1.54) is 0 Å². The van der Waals surface area contributed by atoms with Crippen molar-refractivity contribution in [1.29, 1.82) is 0 Å². The lowest BCUT2D eigenvalue weighted by molar-refractivity contribution is 0.350. The molecule has 1 atom stereocenters. The van der Waals surface area contributed by atoms with Gasteiger partial charge in [0, 0.05) is 0 Å². The Hall–Kier alpha value is -0.350. The zero-order valence-electron chi connectivity index (χ0n) is 8.69. The minimum atomic E-state index is -4.08. The highest BCUT2D eigenvalue weighted by molar-refractivity contribution is 7.85. The molecule has 0 saturated heterocycles. The van der Waals surface area contributed by atoms with E-state index in [1.807, 2.05) is 6.08 Å². The lowest BCUT2D eigenvalue weighted by atomic mass is 9.83. The van der Waals surface area contributed by atoms with Gasteiger partial charge in [-0.3, -0.25) is 0 Å². The quantitative estimate of drug-likeness (QED) is 0.536. The van der Waals surface area contributed by atoms with Crippen LogP contribution in [0.4, 0.5) is 0 Å². The Kier molecular flexibility index (Phi) is 3.72. The summed E-state index contributed by atoms with van der Waals surface area (Å²) in [6.45, 7) is 4.35. The summed E-state index contributed by atoms with van der Waals surface area (Å²) in [5, 5.41) is 0. The molecule has 4 heteroatoms. The SMILES string of the molecule is CC(C)C1CC=C(CS(=O)(=O)[O-])CC1. The van der Waals surface area contributed by atoms with Crippen molar-refractivity contribution < 1.29 is 13.0 Å². The smallest absolute Gasteiger partial charge is 0.0985 e. The molecule has 14 heavy (non-hydrogen) atoms. The van der Waals surface area contributed by atoms with E-state index in [0.29, 0.717) is 11.8 Å². The van der Waals surface area contributed by atoms with Gasteiger partial charge in [0.25, 0.3) is 0 Å². The normalized spacial score (nSPS) is 23.7. The minimum absolute atomic E-state index is 0.294. The molecule has 0 aromatic carbocycles. The van der Waals surface area contributed by atoms with E-state index in [9.17, 15) is 13.0 Å². The third kappa shape index (κ3) is 3.80. The van der Waals surface area contributed by atoms with Crippen LogP contribution in [0.5, 0.6) is 0 Å². The fourth-order valence-corrected chi connectivity index (χ4v) is 2.59. The molecule has 1 unspecified atom stereocenters. The second-order valence-corrected chi connectivity index (χ2v) is 5.75. The summed E-state index contributed by atoms with van der Waals surface area (Å²) >= 11 is 0. The van der Waals surface area contributed by atoms with Crippen molar-refractivity contribution in [2.75, 3.05) is 5.75 Å². The van der Waals surface area contributed by atoms with Gasteiger partial charge < -0.3 is 4.55 Å². The summed E-state index contributed by atoms with van der Waals surface area (Å²) in [6, 6.07) is 0. The summed E-state index contributed by atoms with van der Waals surface area (Å²) in [4.78, 5) is 0. The molecule has 1 aliphatic carbocycles. The first kappa shape index (κ1) is 11.7. The molecule has 0 N–H and O–H groups in total. The molecule has 0 fully saturated rings. The molecule has 3 nitrogen and oxygen atoms in total. The maximum atomic E-state index is 10.5. The fraction of sp³-hybridized carbons (Fsp3) is 0.800. The van der Waals surface area contributed by atoms with Gasteiger partial charge in [0.15, 0.2) is 0 Å². The maximum Gasteiger partial charge on any atom is 0.0985 e. The van der Waals surface area contributed by atoms with Gasteiger partial charge in [-0.05, 0) is 31.1 Å². The average Bonchev–Trinajstić information content (AvgIpc) is 2.02. The summed E-state index contributed by atoms with van der Waals surface area (Å²) in [6.07, 6.45) is 4.63. The van der Waals surface area contributed by atoms with Gasteiger partial charge >= 0.3 is 0 Å². The first-order valence-electron chi connectivity index (χ1n) is 5.00. The Morgan fingerprint density at radius 2 is 2.21 bits per heavy atom. The van der Waals surface area contributed by atoms with Gasteiger partial charge in [-0.1, -0.05) is 25.5 Å². The third-order valence-electron chi connectivity index (χ3n) is 2.85. The molecule has 1 rings (SSSR count). The minimum Gasteiger partial charge on any atom is -0.748 e. The van der Waals surface area contributed by atoms with Crippen molar-refractivity contribution in [2.24, 2.45) is 11.8 Å². The number of hydrogen-bond acceptors (Lipinski definition) is 3. The van der Waals surface area contributed by atoms with E-state index < -0.39 is 10.1 Å². The predicted octanol–water partition coefficient (Wildman–Crippen LogP) is 1.91. The topological polar surface area (TPSA) is 57.2 Å². The van der Waals surface area contributed by atoms with Crippen LogP contribution in [0.15, 0.2) is 11.6 Å². The van der Waals surface area contributed by atoms with Crippen molar-refractivity contribution in [3.05, 3.63) is 11.6 Å². The lowest BCUT2D eigenvalue weighted by Crippen LogP contribution is -2.15. The molecular weight excluding hydrogens is 200 g/mol. The Morgan fingerprint density at radius 3 is 2.57 bits per heavy atom. The second-order valence-electron chi connectivity index (χ2n) is 4.34. The van der Waals surface area contributed by atoms with Crippen LogP contribution in [0.3, 0.4) is 0 Å². The highest BCUT2D eigenvalue weighted by atomic mass is 32.2. The zero-order valence-corrected chi connectivity index (χ0v) is 9.51. The Balaban J connectivity index is 2.54. The molecule has 0 amide bonds. The van der Waals surface area contributed by atoms with E-state index in [4.69, 9.17) is 0 Å². The highest BCUT2D eigenvalue weighted by Gasteiger charge is 2.17. The van der Waals surface area contributed by atoms with Crippen molar-refractivity contribution >= 4 is 10.1 Å². The highest BCUT2D eigenvalue weighted by Crippen LogP contribution is 2.29. The predicted molar refractivity (Wildman–Crippen MR) is 54.8 cm³/mol. The van der Waals surface area contributed by atoms with E-state index >= 15 is 0 Å². The Bertz CT molecular complexity index is 314. The van der Waals surface area contributed by atoms with Gasteiger partial charge in [0.05, 0.1) is 15.9 Å². The monoisotopic (exact) mass is 217 g/mol. The molecular formula is C10H17O3S-. The maximum absolute atomic E-state index is 10.5. The van der Waals surface area contributed by atoms with Crippen LogP contribution < -0.4 is 0 Å². The van der Waals surface area contributed by atoms with Crippen LogP contribution in [0.1, 0.15) is 33.1 Å². The van der Waals surface area contributed by atoms with E-state index in [2.05, 4.69) is 13.8 Å². The number of rotatable bonds is 3. The molecule has 0 spiro atoms. The van der Waals surface area contributed by atoms with Crippen molar-refractivity contribution in [2.45, 2.75) is 33.1 Å². The van der Waals surface area contributed by atoms with Crippen LogP contribution in [-0.4, -0.2) is 18.7 Å². The van der Waals surface area contributed by atoms with Crippen molar-refractivity contribution in [1.82, 2.24) is 0 Å². The van der Waals surface area contributed by atoms with Crippen LogP contribution in [0, 0.1) is 11.8 Å². The molecule has 0 heterocycles. The standard InChI is InChI=1S/C10H18O3S/c1-8(2)10-5-3-9(4-6-10)7-14(11,12)13/h3,8,10H,4-7H2,1-2H3,(H,11,12,13)/p-1. The van der Waals surface area contributed by atoms with E-state index in [-0.39, 0.29) is 5.75 Å². The largest absolute Gasteiger partial charge is 0.748 e. The van der Waals surface area contributed by atoms with E-state index in [1.54, 1.807) is 0 Å². The molecule has 0 saturated carbocycles.